The number of hydrogen-bond donors (Lipinski definition) is 0. The van der Waals surface area contributed by atoms with Gasteiger partial charge >= 0.3 is 0 Å². The van der Waals surface area contributed by atoms with Crippen LogP contribution in [0.3, 0.4) is 0 Å². The van der Waals surface area contributed by atoms with E-state index in [-0.39, 0.29) is 11.9 Å². The smallest absolute Gasteiger partial charge is 0.222 e. The fourth-order valence-corrected chi connectivity index (χ4v) is 3.59. The van der Waals surface area contributed by atoms with E-state index in [0.717, 1.165) is 55.1 Å². The number of anilines is 1. The van der Waals surface area contributed by atoms with E-state index in [0.29, 0.717) is 6.42 Å². The SMILES string of the molecule is Cc1cccc(N2CCCC(N(C)C(=O)CCc3cnn(C)c3C)C2)n1. The number of hydrogen-bond acceptors (Lipinski definition) is 4. The molecule has 0 aliphatic carbocycles. The van der Waals surface area contributed by atoms with Crippen molar-refractivity contribution in [1.29, 1.82) is 0 Å². The number of pyridine rings is 1. The molecule has 2 aromatic rings. The lowest BCUT2D eigenvalue weighted by atomic mass is 10.0. The Hall–Kier alpha value is -2.37. The van der Waals surface area contributed by atoms with Gasteiger partial charge < -0.3 is 9.80 Å². The molecule has 1 aliphatic rings. The molecule has 6 nitrogen and oxygen atoms in total. The molecule has 26 heavy (non-hydrogen) atoms. The predicted molar refractivity (Wildman–Crippen MR) is 103 cm³/mol. The fourth-order valence-electron chi connectivity index (χ4n) is 3.59. The van der Waals surface area contributed by atoms with Crippen LogP contribution in [0.25, 0.3) is 0 Å². The highest BCUT2D eigenvalue weighted by molar-refractivity contribution is 5.76. The molecule has 6 heteroatoms. The van der Waals surface area contributed by atoms with E-state index in [1.807, 2.05) is 55.9 Å². The first-order valence-corrected chi connectivity index (χ1v) is 9.37. The van der Waals surface area contributed by atoms with Crippen LogP contribution in [-0.4, -0.2) is 51.8 Å². The molecule has 0 bridgehead atoms. The van der Waals surface area contributed by atoms with Crippen LogP contribution >= 0.6 is 0 Å². The van der Waals surface area contributed by atoms with Gasteiger partial charge in [0.05, 0.1) is 6.20 Å². The minimum absolute atomic E-state index is 0.206. The second kappa shape index (κ2) is 7.89. The first-order chi connectivity index (χ1) is 12.5. The summed E-state index contributed by atoms with van der Waals surface area (Å²) in [7, 11) is 3.87. The van der Waals surface area contributed by atoms with Gasteiger partial charge in [0.1, 0.15) is 5.82 Å². The third kappa shape index (κ3) is 4.06. The van der Waals surface area contributed by atoms with Crippen LogP contribution in [0.15, 0.2) is 24.4 Å². The van der Waals surface area contributed by atoms with Gasteiger partial charge in [-0.2, -0.15) is 5.10 Å². The van der Waals surface area contributed by atoms with Gasteiger partial charge in [-0.3, -0.25) is 9.48 Å². The lowest BCUT2D eigenvalue weighted by molar-refractivity contribution is -0.132. The summed E-state index contributed by atoms with van der Waals surface area (Å²) < 4.78 is 1.86. The number of amides is 1. The molecular formula is C20H29N5O. The number of rotatable bonds is 5. The predicted octanol–water partition coefficient (Wildman–Crippen LogP) is 2.49. The second-order valence-electron chi connectivity index (χ2n) is 7.26. The molecule has 140 valence electrons. The standard InChI is InChI=1S/C20H29N5O/c1-15-7-5-9-19(22-15)25-12-6-8-18(14-25)23(3)20(26)11-10-17-13-21-24(4)16(17)2/h5,7,9,13,18H,6,8,10-12,14H2,1-4H3. The normalized spacial score (nSPS) is 17.4. The van der Waals surface area contributed by atoms with Crippen molar-refractivity contribution >= 4 is 11.7 Å². The van der Waals surface area contributed by atoms with Crippen LogP contribution < -0.4 is 4.90 Å². The minimum atomic E-state index is 0.206. The van der Waals surface area contributed by atoms with Gasteiger partial charge in [0.15, 0.2) is 0 Å². The van der Waals surface area contributed by atoms with Crippen LogP contribution in [0.4, 0.5) is 5.82 Å². The maximum absolute atomic E-state index is 12.7. The van der Waals surface area contributed by atoms with Crippen molar-refractivity contribution in [2.75, 3.05) is 25.0 Å². The van der Waals surface area contributed by atoms with Crippen LogP contribution in [0.2, 0.25) is 0 Å². The molecule has 0 aromatic carbocycles. The van der Waals surface area contributed by atoms with E-state index in [9.17, 15) is 4.79 Å². The van der Waals surface area contributed by atoms with Crippen LogP contribution in [0, 0.1) is 13.8 Å². The molecule has 1 aliphatic heterocycles. The minimum Gasteiger partial charge on any atom is -0.355 e. The number of carbonyl (C=O) groups is 1. The van der Waals surface area contributed by atoms with Gasteiger partial charge in [0, 0.05) is 51.0 Å². The summed E-state index contributed by atoms with van der Waals surface area (Å²) in [6, 6.07) is 6.36. The van der Waals surface area contributed by atoms with Crippen molar-refractivity contribution in [1.82, 2.24) is 19.7 Å². The molecule has 3 heterocycles. The van der Waals surface area contributed by atoms with Crippen molar-refractivity contribution in [3.05, 3.63) is 41.3 Å². The third-order valence-electron chi connectivity index (χ3n) is 5.48. The van der Waals surface area contributed by atoms with Crippen molar-refractivity contribution < 1.29 is 4.79 Å². The topological polar surface area (TPSA) is 54.3 Å². The van der Waals surface area contributed by atoms with Gasteiger partial charge in [0.2, 0.25) is 5.91 Å². The van der Waals surface area contributed by atoms with E-state index >= 15 is 0 Å². The Kier molecular flexibility index (Phi) is 5.59. The molecule has 2 aromatic heterocycles. The quantitative estimate of drug-likeness (QED) is 0.827. The van der Waals surface area contributed by atoms with Gasteiger partial charge in [-0.1, -0.05) is 6.07 Å². The molecule has 1 atom stereocenters. The van der Waals surface area contributed by atoms with Gasteiger partial charge in [0.25, 0.3) is 0 Å². The Morgan fingerprint density at radius 3 is 2.85 bits per heavy atom. The molecular weight excluding hydrogens is 326 g/mol. The van der Waals surface area contributed by atoms with Gasteiger partial charge in [-0.25, -0.2) is 4.98 Å². The van der Waals surface area contributed by atoms with E-state index in [4.69, 9.17) is 0 Å². The van der Waals surface area contributed by atoms with E-state index in [2.05, 4.69) is 21.0 Å². The molecule has 1 amide bonds. The third-order valence-corrected chi connectivity index (χ3v) is 5.48. The lowest BCUT2D eigenvalue weighted by Gasteiger charge is -2.38. The van der Waals surface area contributed by atoms with Crippen molar-refractivity contribution in [3.63, 3.8) is 0 Å². The molecule has 1 fully saturated rings. The Balaban J connectivity index is 1.58. The van der Waals surface area contributed by atoms with Gasteiger partial charge in [-0.15, -0.1) is 0 Å². The zero-order chi connectivity index (χ0) is 18.7. The van der Waals surface area contributed by atoms with E-state index < -0.39 is 0 Å². The zero-order valence-electron chi connectivity index (χ0n) is 16.3. The number of carbonyl (C=O) groups excluding carboxylic acids is 1. The highest BCUT2D eigenvalue weighted by Crippen LogP contribution is 2.21. The Morgan fingerprint density at radius 2 is 2.15 bits per heavy atom. The maximum Gasteiger partial charge on any atom is 0.222 e. The number of likely N-dealkylation sites (N-methyl/N-ethyl adjacent to an activating group) is 1. The summed E-state index contributed by atoms with van der Waals surface area (Å²) in [6.45, 7) is 5.92. The first-order valence-electron chi connectivity index (χ1n) is 9.37. The fraction of sp³-hybridized carbons (Fsp3) is 0.550. The van der Waals surface area contributed by atoms with Crippen molar-refractivity contribution in [3.8, 4) is 0 Å². The zero-order valence-corrected chi connectivity index (χ0v) is 16.3. The second-order valence-corrected chi connectivity index (χ2v) is 7.26. The number of aryl methyl sites for hydroxylation is 3. The molecule has 0 N–H and O–H groups in total. The molecule has 0 radical (unpaired) electrons. The van der Waals surface area contributed by atoms with Crippen LogP contribution in [0.1, 0.15) is 36.2 Å². The Labute approximate surface area is 155 Å². The van der Waals surface area contributed by atoms with Gasteiger partial charge in [-0.05, 0) is 50.8 Å². The highest BCUT2D eigenvalue weighted by Gasteiger charge is 2.26. The van der Waals surface area contributed by atoms with Crippen LogP contribution in [0.5, 0.6) is 0 Å². The molecule has 1 saturated heterocycles. The first kappa shape index (κ1) is 18.4. The van der Waals surface area contributed by atoms with Crippen LogP contribution in [-0.2, 0) is 18.3 Å². The maximum atomic E-state index is 12.7. The average molecular weight is 355 g/mol. The van der Waals surface area contributed by atoms with E-state index in [1.54, 1.807) is 0 Å². The lowest BCUT2D eigenvalue weighted by Crippen LogP contribution is -2.49. The summed E-state index contributed by atoms with van der Waals surface area (Å²) in [5, 5.41) is 4.26. The summed E-state index contributed by atoms with van der Waals surface area (Å²) in [5.74, 6) is 1.22. The largest absolute Gasteiger partial charge is 0.355 e. The summed E-state index contributed by atoms with van der Waals surface area (Å²) in [4.78, 5) is 21.6. The monoisotopic (exact) mass is 355 g/mol. The average Bonchev–Trinajstić information content (AvgIpc) is 2.97. The molecule has 1 unspecified atom stereocenters. The van der Waals surface area contributed by atoms with Crippen molar-refractivity contribution in [2.24, 2.45) is 7.05 Å². The number of nitrogens with zero attached hydrogens (tertiary/aromatic N) is 5. The molecule has 0 saturated carbocycles. The molecule has 3 rings (SSSR count). The van der Waals surface area contributed by atoms with E-state index in [1.165, 1.54) is 0 Å². The summed E-state index contributed by atoms with van der Waals surface area (Å²) in [6.07, 6.45) is 5.28. The number of aromatic nitrogens is 3. The molecule has 0 spiro atoms. The van der Waals surface area contributed by atoms with Crippen molar-refractivity contribution in [2.45, 2.75) is 45.6 Å². The Bertz CT molecular complexity index is 769. The summed E-state index contributed by atoms with van der Waals surface area (Å²) in [5.41, 5.74) is 3.32. The number of piperidine rings is 1. The Morgan fingerprint density at radius 1 is 1.35 bits per heavy atom. The highest BCUT2D eigenvalue weighted by atomic mass is 16.2. The summed E-state index contributed by atoms with van der Waals surface area (Å²) >= 11 is 0.